The van der Waals surface area contributed by atoms with Crippen LogP contribution in [0.1, 0.15) is 25.7 Å². The molecule has 3 amide bonds. The Balaban J connectivity index is 4.25. The van der Waals surface area contributed by atoms with E-state index in [2.05, 4.69) is 11.9 Å². The first-order valence-corrected chi connectivity index (χ1v) is 6.02. The predicted octanol–water partition coefficient (Wildman–Crippen LogP) is 0.313. The number of hydrogen-bond acceptors (Lipinski definition) is 3. The van der Waals surface area contributed by atoms with E-state index in [9.17, 15) is 14.4 Å². The Hall–Kier alpha value is -2.05. The van der Waals surface area contributed by atoms with Crippen LogP contribution >= 0.6 is 0 Å². The Morgan fingerprint density at radius 2 is 2.11 bits per heavy atom. The summed E-state index contributed by atoms with van der Waals surface area (Å²) in [6, 6.07) is -1.59. The van der Waals surface area contributed by atoms with Crippen molar-refractivity contribution in [2.45, 2.75) is 31.7 Å². The van der Waals surface area contributed by atoms with Crippen LogP contribution in [0.4, 0.5) is 4.79 Å². The van der Waals surface area contributed by atoms with E-state index in [-0.39, 0.29) is 12.8 Å². The quantitative estimate of drug-likeness (QED) is 0.414. The van der Waals surface area contributed by atoms with E-state index >= 15 is 0 Å². The average Bonchev–Trinajstić information content (AvgIpc) is 2.33. The number of nitrogens with one attached hydrogen (secondary N) is 1. The number of amides is 3. The Morgan fingerprint density at radius 3 is 2.58 bits per heavy atom. The smallest absolute Gasteiger partial charge is 0.326 e. The highest BCUT2D eigenvalue weighted by Gasteiger charge is 2.21. The second-order valence-electron chi connectivity index (χ2n) is 4.20. The van der Waals surface area contributed by atoms with Gasteiger partial charge in [-0.2, -0.15) is 0 Å². The molecule has 1 atom stereocenters. The van der Waals surface area contributed by atoms with Crippen LogP contribution in [0.5, 0.6) is 0 Å². The SMILES string of the molecule is C=CCCCN(C)C(=O)N[C@H](CCC(N)=O)C(=O)O. The molecule has 0 spiro atoms. The monoisotopic (exact) mass is 271 g/mol. The minimum Gasteiger partial charge on any atom is -0.480 e. The lowest BCUT2D eigenvalue weighted by Gasteiger charge is -2.21. The molecule has 0 aliphatic rings. The number of nitrogens with zero attached hydrogens (tertiary/aromatic N) is 1. The van der Waals surface area contributed by atoms with E-state index in [0.29, 0.717) is 6.54 Å². The van der Waals surface area contributed by atoms with Gasteiger partial charge >= 0.3 is 12.0 Å². The highest BCUT2D eigenvalue weighted by Crippen LogP contribution is 2.00. The van der Waals surface area contributed by atoms with Gasteiger partial charge in [0.05, 0.1) is 0 Å². The summed E-state index contributed by atoms with van der Waals surface area (Å²) >= 11 is 0. The fourth-order valence-corrected chi connectivity index (χ4v) is 1.38. The van der Waals surface area contributed by atoms with Crippen LogP contribution in [-0.2, 0) is 9.59 Å². The van der Waals surface area contributed by atoms with E-state index < -0.39 is 23.9 Å². The summed E-state index contributed by atoms with van der Waals surface area (Å²) in [4.78, 5) is 34.6. The molecule has 0 fully saturated rings. The topological polar surface area (TPSA) is 113 Å². The van der Waals surface area contributed by atoms with Crippen LogP contribution in [0.2, 0.25) is 0 Å². The first-order chi connectivity index (χ1) is 8.88. The number of aliphatic carboxylic acids is 1. The van der Waals surface area contributed by atoms with Gasteiger partial charge in [0.2, 0.25) is 5.91 Å². The minimum absolute atomic E-state index is 0.0170. The summed E-state index contributed by atoms with van der Waals surface area (Å²) in [6.45, 7) is 4.07. The maximum absolute atomic E-state index is 11.7. The zero-order valence-corrected chi connectivity index (χ0v) is 11.1. The largest absolute Gasteiger partial charge is 0.480 e. The molecule has 0 radical (unpaired) electrons. The molecule has 7 heteroatoms. The van der Waals surface area contributed by atoms with E-state index in [1.54, 1.807) is 13.1 Å². The van der Waals surface area contributed by atoms with Crippen LogP contribution in [0.15, 0.2) is 12.7 Å². The highest BCUT2D eigenvalue weighted by atomic mass is 16.4. The number of nitrogens with two attached hydrogens (primary N) is 1. The molecule has 19 heavy (non-hydrogen) atoms. The summed E-state index contributed by atoms with van der Waals surface area (Å²) in [6.07, 6.45) is 3.18. The Labute approximate surface area is 112 Å². The maximum Gasteiger partial charge on any atom is 0.326 e. The van der Waals surface area contributed by atoms with Gasteiger partial charge in [0, 0.05) is 20.0 Å². The normalized spacial score (nSPS) is 11.4. The highest BCUT2D eigenvalue weighted by molar-refractivity contribution is 5.83. The van der Waals surface area contributed by atoms with Crippen molar-refractivity contribution in [1.82, 2.24) is 10.2 Å². The molecule has 0 bridgehead atoms. The van der Waals surface area contributed by atoms with Crippen LogP contribution in [-0.4, -0.2) is 47.5 Å². The van der Waals surface area contributed by atoms with Gasteiger partial charge in [-0.1, -0.05) is 6.08 Å². The number of carbonyl (C=O) groups excluding carboxylic acids is 2. The van der Waals surface area contributed by atoms with Gasteiger partial charge in [-0.15, -0.1) is 6.58 Å². The minimum atomic E-state index is -1.19. The molecule has 7 nitrogen and oxygen atoms in total. The molecular formula is C12H21N3O4. The number of hydrogen-bond donors (Lipinski definition) is 3. The molecular weight excluding hydrogens is 250 g/mol. The summed E-state index contributed by atoms with van der Waals surface area (Å²) in [5.74, 6) is -1.78. The van der Waals surface area contributed by atoms with Crippen molar-refractivity contribution in [1.29, 1.82) is 0 Å². The van der Waals surface area contributed by atoms with Gasteiger partial charge in [-0.25, -0.2) is 9.59 Å². The second kappa shape index (κ2) is 8.96. The number of carboxylic acids is 1. The van der Waals surface area contributed by atoms with Gasteiger partial charge in [0.1, 0.15) is 6.04 Å². The number of allylic oxidation sites excluding steroid dienone is 1. The summed E-state index contributed by atoms with van der Waals surface area (Å²) in [5.41, 5.74) is 4.95. The van der Waals surface area contributed by atoms with Gasteiger partial charge in [-0.3, -0.25) is 4.79 Å². The van der Waals surface area contributed by atoms with Gasteiger partial charge in [0.25, 0.3) is 0 Å². The molecule has 4 N–H and O–H groups in total. The third-order valence-electron chi connectivity index (χ3n) is 2.52. The molecule has 0 saturated heterocycles. The first kappa shape index (κ1) is 16.9. The number of carboxylic acid groups (broad SMARTS) is 1. The molecule has 0 aliphatic carbocycles. The first-order valence-electron chi connectivity index (χ1n) is 6.02. The predicted molar refractivity (Wildman–Crippen MR) is 70.4 cm³/mol. The molecule has 0 aromatic rings. The third-order valence-corrected chi connectivity index (χ3v) is 2.52. The van der Waals surface area contributed by atoms with Crippen molar-refractivity contribution in [2.24, 2.45) is 5.73 Å². The number of unbranched alkanes of at least 4 members (excludes halogenated alkanes) is 1. The standard InChI is InChI=1S/C12H21N3O4/c1-3-4-5-8-15(2)12(19)14-9(11(17)18)6-7-10(13)16/h3,9H,1,4-8H2,2H3,(H2,13,16)(H,14,19)(H,17,18)/t9-/m1/s1. The Morgan fingerprint density at radius 1 is 1.47 bits per heavy atom. The number of carbonyl (C=O) groups is 3. The van der Waals surface area contributed by atoms with E-state index in [0.717, 1.165) is 12.8 Å². The lowest BCUT2D eigenvalue weighted by molar-refractivity contribution is -0.139. The molecule has 0 rings (SSSR count). The molecule has 0 unspecified atom stereocenters. The zero-order valence-electron chi connectivity index (χ0n) is 11.1. The van der Waals surface area contributed by atoms with Gasteiger partial charge < -0.3 is 21.1 Å². The molecule has 0 aromatic carbocycles. The van der Waals surface area contributed by atoms with Crippen LogP contribution in [0.3, 0.4) is 0 Å². The van der Waals surface area contributed by atoms with Crippen molar-refractivity contribution in [3.63, 3.8) is 0 Å². The van der Waals surface area contributed by atoms with E-state index in [1.165, 1.54) is 4.90 Å². The zero-order chi connectivity index (χ0) is 14.8. The van der Waals surface area contributed by atoms with Gasteiger partial charge in [0.15, 0.2) is 0 Å². The lowest BCUT2D eigenvalue weighted by Crippen LogP contribution is -2.47. The molecule has 108 valence electrons. The molecule has 0 heterocycles. The van der Waals surface area contributed by atoms with Gasteiger partial charge in [-0.05, 0) is 19.3 Å². The number of urea groups is 1. The van der Waals surface area contributed by atoms with Crippen molar-refractivity contribution < 1.29 is 19.5 Å². The number of rotatable bonds is 9. The Bertz CT molecular complexity index is 344. The second-order valence-corrected chi connectivity index (χ2v) is 4.20. The molecule has 0 saturated carbocycles. The molecule has 0 aliphatic heterocycles. The fourth-order valence-electron chi connectivity index (χ4n) is 1.38. The number of primary amides is 1. The molecule has 0 aromatic heterocycles. The van der Waals surface area contributed by atoms with Crippen molar-refractivity contribution >= 4 is 17.9 Å². The lowest BCUT2D eigenvalue weighted by atomic mass is 10.1. The van der Waals surface area contributed by atoms with E-state index in [4.69, 9.17) is 10.8 Å². The average molecular weight is 271 g/mol. The van der Waals surface area contributed by atoms with Crippen molar-refractivity contribution in [2.75, 3.05) is 13.6 Å². The van der Waals surface area contributed by atoms with Crippen LogP contribution < -0.4 is 11.1 Å². The van der Waals surface area contributed by atoms with Crippen LogP contribution in [0.25, 0.3) is 0 Å². The van der Waals surface area contributed by atoms with Crippen molar-refractivity contribution in [3.8, 4) is 0 Å². The third kappa shape index (κ3) is 7.80. The van der Waals surface area contributed by atoms with E-state index in [1.807, 2.05) is 0 Å². The summed E-state index contributed by atoms with van der Waals surface area (Å²) < 4.78 is 0. The maximum atomic E-state index is 11.7. The summed E-state index contributed by atoms with van der Waals surface area (Å²) in [5, 5.41) is 11.3. The Kier molecular flexibility index (Phi) is 7.99. The van der Waals surface area contributed by atoms with Crippen molar-refractivity contribution in [3.05, 3.63) is 12.7 Å². The van der Waals surface area contributed by atoms with Crippen LogP contribution in [0, 0.1) is 0 Å². The fraction of sp³-hybridized carbons (Fsp3) is 0.583. The summed E-state index contributed by atoms with van der Waals surface area (Å²) in [7, 11) is 1.57.